The van der Waals surface area contributed by atoms with Gasteiger partial charge in [0, 0.05) is 36.2 Å². The Bertz CT molecular complexity index is 934. The minimum Gasteiger partial charge on any atom is -0.396 e. The molecule has 4 fully saturated rings. The molecule has 184 valence electrons. The van der Waals surface area contributed by atoms with Gasteiger partial charge in [-0.05, 0) is 73.0 Å². The highest BCUT2D eigenvalue weighted by Crippen LogP contribution is 2.74. The van der Waals surface area contributed by atoms with Crippen molar-refractivity contribution in [3.05, 3.63) is 11.6 Å². The zero-order valence-electron chi connectivity index (χ0n) is 21.6. The van der Waals surface area contributed by atoms with Crippen molar-refractivity contribution in [1.29, 1.82) is 0 Å². The van der Waals surface area contributed by atoms with E-state index in [9.17, 15) is 19.8 Å². The van der Waals surface area contributed by atoms with Gasteiger partial charge in [-0.25, -0.2) is 0 Å². The Balaban J connectivity index is 1.61. The molecular weight excluding hydrogens is 412 g/mol. The molecule has 5 rings (SSSR count). The Morgan fingerprint density at radius 3 is 2.30 bits per heavy atom. The molecule has 5 aliphatic carbocycles. The van der Waals surface area contributed by atoms with Crippen LogP contribution in [0.25, 0.3) is 0 Å². The monoisotopic (exact) mass is 456 g/mol. The molecule has 8 atom stereocenters. The molecule has 0 aromatic rings. The summed E-state index contributed by atoms with van der Waals surface area (Å²) in [5.41, 5.74) is -0.752. The van der Waals surface area contributed by atoms with E-state index < -0.39 is 5.60 Å². The van der Waals surface area contributed by atoms with Crippen molar-refractivity contribution in [2.45, 2.75) is 105 Å². The smallest absolute Gasteiger partial charge is 0.165 e. The standard InChI is InChI=1S/C29H44O4/c1-24(2)20-9-12-27(5)21(26(20,4)11-10-22(24)31)8-7-18-19-15-25(3,17-30)13-14-29(19,33)23(32)16-28(18,27)6/h7,19-21,30,33H,8-17H2,1-6H3/t19-,20-,21+,25?,26-,27+,28+,29+/m0/s1. The van der Waals surface area contributed by atoms with Gasteiger partial charge in [-0.1, -0.05) is 53.2 Å². The molecule has 0 bridgehead atoms. The molecule has 2 N–H and O–H groups in total. The van der Waals surface area contributed by atoms with E-state index in [1.54, 1.807) is 0 Å². The largest absolute Gasteiger partial charge is 0.396 e. The van der Waals surface area contributed by atoms with E-state index in [1.165, 1.54) is 5.57 Å². The minimum absolute atomic E-state index is 0.0143. The zero-order valence-corrected chi connectivity index (χ0v) is 21.6. The van der Waals surface area contributed by atoms with Crippen molar-refractivity contribution in [2.75, 3.05) is 6.61 Å². The summed E-state index contributed by atoms with van der Waals surface area (Å²) in [4.78, 5) is 26.5. The fraction of sp³-hybridized carbons (Fsp3) is 0.862. The van der Waals surface area contributed by atoms with Crippen molar-refractivity contribution >= 4 is 11.6 Å². The van der Waals surface area contributed by atoms with Gasteiger partial charge in [0.25, 0.3) is 0 Å². The van der Waals surface area contributed by atoms with Crippen molar-refractivity contribution < 1.29 is 19.8 Å². The van der Waals surface area contributed by atoms with Crippen LogP contribution in [0.1, 0.15) is 99.3 Å². The lowest BCUT2D eigenvalue weighted by Crippen LogP contribution is -2.67. The van der Waals surface area contributed by atoms with Gasteiger partial charge in [0.05, 0.1) is 0 Å². The average Bonchev–Trinajstić information content (AvgIpc) is 2.74. The van der Waals surface area contributed by atoms with E-state index in [2.05, 4.69) is 47.6 Å². The van der Waals surface area contributed by atoms with Gasteiger partial charge in [0.1, 0.15) is 11.4 Å². The van der Waals surface area contributed by atoms with E-state index in [1.807, 2.05) is 0 Å². The molecule has 0 aliphatic heterocycles. The minimum atomic E-state index is -1.27. The molecule has 0 amide bonds. The van der Waals surface area contributed by atoms with Crippen molar-refractivity contribution in [3.63, 3.8) is 0 Å². The Morgan fingerprint density at radius 2 is 1.64 bits per heavy atom. The van der Waals surface area contributed by atoms with Crippen LogP contribution in [-0.4, -0.2) is 34.0 Å². The van der Waals surface area contributed by atoms with E-state index in [0.717, 1.165) is 25.7 Å². The van der Waals surface area contributed by atoms with Crippen molar-refractivity contribution in [2.24, 2.45) is 44.8 Å². The van der Waals surface area contributed by atoms with Gasteiger partial charge in [-0.15, -0.1) is 0 Å². The second-order valence-corrected chi connectivity index (χ2v) is 14.2. The molecule has 0 saturated heterocycles. The number of ketones is 2. The third-order valence-corrected chi connectivity index (χ3v) is 12.4. The number of Topliss-reactive ketones (excluding diaryl/α,β-unsaturated/α-hetero) is 2. The van der Waals surface area contributed by atoms with Crippen LogP contribution in [0.5, 0.6) is 0 Å². The summed E-state index contributed by atoms with van der Waals surface area (Å²) in [6.07, 6.45) is 9.27. The number of carbonyl (C=O) groups excluding carboxylic acids is 2. The summed E-state index contributed by atoms with van der Waals surface area (Å²) in [5.74, 6) is 1.04. The molecule has 4 nitrogen and oxygen atoms in total. The number of aliphatic hydroxyl groups excluding tert-OH is 1. The maximum absolute atomic E-state index is 13.7. The summed E-state index contributed by atoms with van der Waals surface area (Å²) in [6.45, 7) is 13.7. The maximum Gasteiger partial charge on any atom is 0.165 e. The Hall–Kier alpha value is -1.00. The van der Waals surface area contributed by atoms with Crippen LogP contribution in [-0.2, 0) is 9.59 Å². The van der Waals surface area contributed by atoms with Gasteiger partial charge in [0.15, 0.2) is 5.78 Å². The third kappa shape index (κ3) is 2.77. The molecule has 0 spiro atoms. The first-order valence-electron chi connectivity index (χ1n) is 13.3. The first-order chi connectivity index (χ1) is 15.2. The topological polar surface area (TPSA) is 74.6 Å². The van der Waals surface area contributed by atoms with Crippen LogP contribution < -0.4 is 0 Å². The second-order valence-electron chi connectivity index (χ2n) is 14.2. The number of hydrogen-bond donors (Lipinski definition) is 2. The van der Waals surface area contributed by atoms with Crippen LogP contribution in [0.15, 0.2) is 11.6 Å². The van der Waals surface area contributed by atoms with Crippen LogP contribution in [0, 0.1) is 44.8 Å². The Morgan fingerprint density at radius 1 is 0.939 bits per heavy atom. The van der Waals surface area contributed by atoms with Crippen molar-refractivity contribution in [1.82, 2.24) is 0 Å². The van der Waals surface area contributed by atoms with Crippen LogP contribution >= 0.6 is 0 Å². The Labute approximate surface area is 199 Å². The highest BCUT2D eigenvalue weighted by Gasteiger charge is 2.70. The fourth-order valence-corrected chi connectivity index (χ4v) is 9.92. The number of rotatable bonds is 1. The summed E-state index contributed by atoms with van der Waals surface area (Å²) < 4.78 is 0. The molecule has 1 unspecified atom stereocenters. The molecular formula is C29H44O4. The number of allylic oxidation sites excluding steroid dienone is 1. The fourth-order valence-electron chi connectivity index (χ4n) is 9.92. The van der Waals surface area contributed by atoms with E-state index in [4.69, 9.17) is 0 Å². The molecule has 0 radical (unpaired) electrons. The average molecular weight is 457 g/mol. The number of carbonyl (C=O) groups is 2. The van der Waals surface area contributed by atoms with Crippen LogP contribution in [0.3, 0.4) is 0 Å². The number of hydrogen-bond acceptors (Lipinski definition) is 4. The summed E-state index contributed by atoms with van der Waals surface area (Å²) in [7, 11) is 0. The molecule has 4 saturated carbocycles. The second kappa shape index (κ2) is 6.81. The lowest BCUT2D eigenvalue weighted by atomic mass is 9.34. The molecule has 0 aromatic carbocycles. The van der Waals surface area contributed by atoms with Crippen LogP contribution in [0.4, 0.5) is 0 Å². The van der Waals surface area contributed by atoms with Gasteiger partial charge in [-0.2, -0.15) is 0 Å². The molecule has 5 aliphatic rings. The SMILES string of the molecule is CC1(CO)CC[C@]2(O)C(=O)C[C@]3(C)C(=CC[C@@H]4[C@@]5(C)CCC(=O)C(C)(C)[C@@H]5CC[C@]43C)[C@@H]2C1. The van der Waals surface area contributed by atoms with Gasteiger partial charge < -0.3 is 10.2 Å². The number of fused-ring (bicyclic) bond motifs is 7. The van der Waals surface area contributed by atoms with Crippen LogP contribution in [0.2, 0.25) is 0 Å². The van der Waals surface area contributed by atoms with Crippen molar-refractivity contribution in [3.8, 4) is 0 Å². The third-order valence-electron chi connectivity index (χ3n) is 12.4. The van der Waals surface area contributed by atoms with Gasteiger partial charge in [0.2, 0.25) is 0 Å². The summed E-state index contributed by atoms with van der Waals surface area (Å²) >= 11 is 0. The molecule has 33 heavy (non-hydrogen) atoms. The van der Waals surface area contributed by atoms with Gasteiger partial charge >= 0.3 is 0 Å². The first-order valence-corrected chi connectivity index (χ1v) is 13.3. The van der Waals surface area contributed by atoms with Gasteiger partial charge in [-0.3, -0.25) is 9.59 Å². The van der Waals surface area contributed by atoms with E-state index in [0.29, 0.717) is 49.7 Å². The van der Waals surface area contributed by atoms with E-state index in [-0.39, 0.29) is 45.4 Å². The highest BCUT2D eigenvalue weighted by molar-refractivity contribution is 5.91. The Kier molecular flexibility index (Phi) is 4.90. The predicted octanol–water partition coefficient (Wildman–Crippen LogP) is 5.25. The summed E-state index contributed by atoms with van der Waals surface area (Å²) in [5, 5.41) is 21.8. The van der Waals surface area contributed by atoms with E-state index >= 15 is 0 Å². The molecule has 0 aromatic heterocycles. The summed E-state index contributed by atoms with van der Waals surface area (Å²) in [6, 6.07) is 0. The zero-order chi connectivity index (χ0) is 24.2. The molecule has 0 heterocycles. The number of aliphatic hydroxyl groups is 2. The normalized spacial score (nSPS) is 53.3. The first kappa shape index (κ1) is 23.7. The lowest BCUT2D eigenvalue weighted by Gasteiger charge is -2.70. The highest BCUT2D eigenvalue weighted by atomic mass is 16.3. The molecule has 4 heteroatoms. The quantitative estimate of drug-likeness (QED) is 0.528. The lowest BCUT2D eigenvalue weighted by molar-refractivity contribution is -0.193. The maximum atomic E-state index is 13.7. The predicted molar refractivity (Wildman–Crippen MR) is 128 cm³/mol.